The zero-order valence-electron chi connectivity index (χ0n) is 18.9. The minimum absolute atomic E-state index is 0.339. The van der Waals surface area contributed by atoms with E-state index in [4.69, 9.17) is 9.15 Å². The molecule has 1 N–H and O–H groups in total. The highest BCUT2D eigenvalue weighted by Gasteiger charge is 2.18. The highest BCUT2D eigenvalue weighted by atomic mass is 16.5. The molecule has 3 heterocycles. The van der Waals surface area contributed by atoms with Crippen molar-refractivity contribution in [1.29, 1.82) is 0 Å². The molecule has 0 saturated carbocycles. The summed E-state index contributed by atoms with van der Waals surface area (Å²) in [5.74, 6) is 2.95. The number of hydrogen-bond acceptors (Lipinski definition) is 7. The van der Waals surface area contributed by atoms with Crippen LogP contribution in [0.15, 0.2) is 65.2 Å². The highest BCUT2D eigenvalue weighted by molar-refractivity contribution is 5.58. The Balaban J connectivity index is 1.28. The summed E-state index contributed by atoms with van der Waals surface area (Å²) in [6.45, 7) is 5.08. The van der Waals surface area contributed by atoms with Crippen molar-refractivity contribution in [2.45, 2.75) is 39.7 Å². The third-order valence-electron chi connectivity index (χ3n) is 5.69. The van der Waals surface area contributed by atoms with Gasteiger partial charge in [-0.15, -0.1) is 0 Å². The number of nitrogens with zero attached hydrogens (tertiary/aromatic N) is 4. The van der Waals surface area contributed by atoms with Gasteiger partial charge >= 0.3 is 0 Å². The summed E-state index contributed by atoms with van der Waals surface area (Å²) in [4.78, 5) is 13.7. The maximum absolute atomic E-state index is 6.06. The van der Waals surface area contributed by atoms with E-state index < -0.39 is 0 Å². The smallest absolute Gasteiger partial charge is 0.226 e. The Morgan fingerprint density at radius 1 is 1.03 bits per heavy atom. The second-order valence-corrected chi connectivity index (χ2v) is 8.17. The van der Waals surface area contributed by atoms with E-state index in [9.17, 15) is 0 Å². The maximum atomic E-state index is 6.06. The fourth-order valence-corrected chi connectivity index (χ4v) is 3.95. The van der Waals surface area contributed by atoms with E-state index in [1.165, 1.54) is 0 Å². The fourth-order valence-electron chi connectivity index (χ4n) is 3.95. The number of fused-ring (bicyclic) bond motifs is 1. The largest absolute Gasteiger partial charge is 0.487 e. The number of ether oxygens (including phenoxy) is 1. The van der Waals surface area contributed by atoms with Crippen LogP contribution in [0.3, 0.4) is 0 Å². The molecule has 4 aromatic rings. The first-order chi connectivity index (χ1) is 16.2. The monoisotopic (exact) mass is 441 g/mol. The first kappa shape index (κ1) is 21.0. The molecule has 33 heavy (non-hydrogen) atoms. The molecule has 0 spiro atoms. The molecule has 2 aromatic heterocycles. The fraction of sp³-hybridized carbons (Fsp3) is 0.269. The van der Waals surface area contributed by atoms with Crippen molar-refractivity contribution in [2.75, 3.05) is 17.0 Å². The zero-order chi connectivity index (χ0) is 22.6. The van der Waals surface area contributed by atoms with Gasteiger partial charge < -0.3 is 9.15 Å². The maximum Gasteiger partial charge on any atom is 0.226 e. The number of benzene rings is 2. The molecule has 1 aliphatic rings. The Hall–Kier alpha value is -3.87. The molecule has 0 radical (unpaired) electrons. The number of hydrogen-bond donors (Lipinski definition) is 1. The van der Waals surface area contributed by atoms with Gasteiger partial charge in [0.15, 0.2) is 0 Å². The number of nitrogens with one attached hydrogen (secondary N) is 1. The number of aromatic nitrogens is 3. The molecule has 0 saturated heterocycles. The highest BCUT2D eigenvalue weighted by Crippen LogP contribution is 2.27. The molecule has 1 aliphatic heterocycles. The van der Waals surface area contributed by atoms with E-state index in [0.29, 0.717) is 12.5 Å². The normalized spacial score (nSPS) is 13.3. The van der Waals surface area contributed by atoms with Gasteiger partial charge in [0.2, 0.25) is 5.89 Å². The second-order valence-electron chi connectivity index (χ2n) is 8.17. The molecule has 0 amide bonds. The summed E-state index contributed by atoms with van der Waals surface area (Å²) in [6, 6.07) is 17.8. The quantitative estimate of drug-likeness (QED) is 0.423. The Bertz CT molecular complexity index is 1240. The number of aryl methyl sites for hydroxylation is 3. The van der Waals surface area contributed by atoms with Gasteiger partial charge in [-0.05, 0) is 57.4 Å². The van der Waals surface area contributed by atoms with Gasteiger partial charge in [0, 0.05) is 18.2 Å². The van der Waals surface area contributed by atoms with Crippen LogP contribution in [0.25, 0.3) is 11.5 Å². The predicted octanol–water partition coefficient (Wildman–Crippen LogP) is 5.50. The van der Waals surface area contributed by atoms with Crippen LogP contribution in [0.2, 0.25) is 0 Å². The van der Waals surface area contributed by atoms with Crippen LogP contribution in [0.1, 0.15) is 35.8 Å². The van der Waals surface area contributed by atoms with E-state index in [0.717, 1.165) is 71.5 Å². The molecule has 168 valence electrons. The summed E-state index contributed by atoms with van der Waals surface area (Å²) in [5, 5.41) is 2.13. The van der Waals surface area contributed by atoms with Gasteiger partial charge in [0.1, 0.15) is 29.6 Å². The molecule has 0 unspecified atom stereocenters. The van der Waals surface area contributed by atoms with E-state index >= 15 is 0 Å². The molecular formula is C26H27N5O2. The average molecular weight is 442 g/mol. The van der Waals surface area contributed by atoms with Gasteiger partial charge in [0.05, 0.1) is 23.3 Å². The van der Waals surface area contributed by atoms with Crippen LogP contribution < -0.4 is 15.2 Å². The van der Waals surface area contributed by atoms with Crippen LogP contribution in [-0.2, 0) is 13.0 Å². The Labute approximate surface area is 193 Å². The van der Waals surface area contributed by atoms with Gasteiger partial charge in [-0.25, -0.2) is 15.0 Å². The van der Waals surface area contributed by atoms with Crippen molar-refractivity contribution < 1.29 is 9.15 Å². The average Bonchev–Trinajstić information content (AvgIpc) is 3.10. The lowest BCUT2D eigenvalue weighted by Crippen LogP contribution is -2.31. The van der Waals surface area contributed by atoms with Crippen LogP contribution in [0, 0.1) is 13.8 Å². The minimum Gasteiger partial charge on any atom is -0.487 e. The van der Waals surface area contributed by atoms with Crippen molar-refractivity contribution in [1.82, 2.24) is 15.0 Å². The lowest BCUT2D eigenvalue weighted by molar-refractivity contribution is 0.299. The van der Waals surface area contributed by atoms with E-state index in [-0.39, 0.29) is 0 Å². The van der Waals surface area contributed by atoms with Crippen molar-refractivity contribution in [2.24, 2.45) is 0 Å². The Kier molecular flexibility index (Phi) is 5.93. The molecule has 0 atom stereocenters. The summed E-state index contributed by atoms with van der Waals surface area (Å²) in [7, 11) is 0. The third-order valence-corrected chi connectivity index (χ3v) is 5.69. The summed E-state index contributed by atoms with van der Waals surface area (Å²) >= 11 is 0. The lowest BCUT2D eigenvalue weighted by Gasteiger charge is -2.26. The second kappa shape index (κ2) is 9.32. The van der Waals surface area contributed by atoms with Crippen molar-refractivity contribution in [3.8, 4) is 17.2 Å². The van der Waals surface area contributed by atoms with Crippen molar-refractivity contribution in [3.05, 3.63) is 83.8 Å². The molecular weight excluding hydrogens is 414 g/mol. The summed E-state index contributed by atoms with van der Waals surface area (Å²) in [6.07, 6.45) is 5.09. The number of anilines is 2. The molecule has 7 nitrogen and oxygen atoms in total. The predicted molar refractivity (Wildman–Crippen MR) is 128 cm³/mol. The molecule has 0 fully saturated rings. The van der Waals surface area contributed by atoms with E-state index in [2.05, 4.69) is 25.4 Å². The Morgan fingerprint density at radius 2 is 1.91 bits per heavy atom. The molecule has 0 bridgehead atoms. The van der Waals surface area contributed by atoms with Crippen molar-refractivity contribution >= 4 is 11.4 Å². The summed E-state index contributed by atoms with van der Waals surface area (Å²) < 4.78 is 11.9. The first-order valence-corrected chi connectivity index (χ1v) is 11.3. The van der Waals surface area contributed by atoms with Crippen LogP contribution in [-0.4, -0.2) is 21.5 Å². The molecule has 0 aliphatic carbocycles. The van der Waals surface area contributed by atoms with Crippen LogP contribution in [0.5, 0.6) is 5.75 Å². The summed E-state index contributed by atoms with van der Waals surface area (Å²) in [5.41, 5.74) is 8.34. The van der Waals surface area contributed by atoms with Crippen LogP contribution in [0.4, 0.5) is 11.4 Å². The van der Waals surface area contributed by atoms with E-state index in [1.807, 2.05) is 74.6 Å². The number of rotatable bonds is 6. The van der Waals surface area contributed by atoms with Gasteiger partial charge in [-0.1, -0.05) is 24.3 Å². The Morgan fingerprint density at radius 3 is 2.79 bits per heavy atom. The standard InChI is InChI=1S/C26H27N5O2/c1-18-24(29-26(33-18)20-9-4-3-5-10-20)17-32-22-12-8-11-21(15-22)30-31-14-7-6-13-23-25(31)16-27-19(2)28-23/h3-5,8-12,15-16,30H,6-7,13-14,17H2,1-2H3. The lowest BCUT2D eigenvalue weighted by atomic mass is 10.2. The topological polar surface area (TPSA) is 76.3 Å². The molecule has 7 heteroatoms. The van der Waals surface area contributed by atoms with Gasteiger partial charge in [0.25, 0.3) is 0 Å². The van der Waals surface area contributed by atoms with Crippen LogP contribution >= 0.6 is 0 Å². The minimum atomic E-state index is 0.339. The third kappa shape index (κ3) is 4.82. The van der Waals surface area contributed by atoms with Gasteiger partial charge in [-0.3, -0.25) is 10.4 Å². The first-order valence-electron chi connectivity index (χ1n) is 11.3. The van der Waals surface area contributed by atoms with E-state index in [1.54, 1.807) is 0 Å². The van der Waals surface area contributed by atoms with Crippen molar-refractivity contribution in [3.63, 3.8) is 0 Å². The molecule has 2 aromatic carbocycles. The number of hydrazine groups is 1. The molecule has 5 rings (SSSR count). The number of oxazole rings is 1. The van der Waals surface area contributed by atoms with Gasteiger partial charge in [-0.2, -0.15) is 0 Å². The SMILES string of the molecule is Cc1ncc2c(n1)CCCCN2Nc1cccc(OCc2nc(-c3ccccc3)oc2C)c1. The zero-order valence-corrected chi connectivity index (χ0v) is 18.9.